The van der Waals surface area contributed by atoms with Crippen molar-refractivity contribution in [1.29, 1.82) is 0 Å². The van der Waals surface area contributed by atoms with Crippen molar-refractivity contribution >= 4 is 5.91 Å². The Bertz CT molecular complexity index is 765. The molecule has 0 aromatic heterocycles. The maximum Gasteiger partial charge on any atom is 0.224 e. The number of fused-ring (bicyclic) bond motifs is 1. The fourth-order valence-electron chi connectivity index (χ4n) is 4.10. The van der Waals surface area contributed by atoms with Crippen LogP contribution in [0.3, 0.4) is 0 Å². The van der Waals surface area contributed by atoms with E-state index in [1.165, 1.54) is 0 Å². The number of hydrogen-bond acceptors (Lipinski definition) is 7. The fraction of sp³-hybridized carbons (Fsp3) is 0.667. The molecule has 3 fully saturated rings. The Kier molecular flexibility index (Phi) is 5.33. The van der Waals surface area contributed by atoms with E-state index >= 15 is 0 Å². The maximum atomic E-state index is 12.8. The van der Waals surface area contributed by atoms with E-state index in [1.54, 1.807) is 7.11 Å². The molecule has 4 rings (SSSR count). The summed E-state index contributed by atoms with van der Waals surface area (Å²) in [7, 11) is 1.60. The van der Waals surface area contributed by atoms with Gasteiger partial charge in [-0.25, -0.2) is 0 Å². The average Bonchev–Trinajstić information content (AvgIpc) is 3.25. The summed E-state index contributed by atoms with van der Waals surface area (Å²) in [6.45, 7) is 7.75. The molecule has 3 aliphatic heterocycles. The van der Waals surface area contributed by atoms with Crippen LogP contribution in [0.15, 0.2) is 24.3 Å². The van der Waals surface area contributed by atoms with Gasteiger partial charge in [0, 0.05) is 0 Å². The highest BCUT2D eigenvalue weighted by atomic mass is 16.8. The molecule has 0 spiro atoms. The van der Waals surface area contributed by atoms with Gasteiger partial charge in [-0.3, -0.25) is 4.79 Å². The highest BCUT2D eigenvalue weighted by Gasteiger charge is 2.58. The molecule has 1 unspecified atom stereocenters. The van der Waals surface area contributed by atoms with Gasteiger partial charge in [-0.05, 0) is 45.4 Å². The Morgan fingerprint density at radius 1 is 1.14 bits per heavy atom. The lowest BCUT2D eigenvalue weighted by Gasteiger charge is -2.29. The summed E-state index contributed by atoms with van der Waals surface area (Å²) in [5.74, 6) is -0.890. The molecule has 5 atom stereocenters. The third kappa shape index (κ3) is 4.41. The summed E-state index contributed by atoms with van der Waals surface area (Å²) < 4.78 is 34.9. The molecule has 29 heavy (non-hydrogen) atoms. The molecule has 0 radical (unpaired) electrons. The first-order valence-corrected chi connectivity index (χ1v) is 9.91. The minimum absolute atomic E-state index is 0.135. The molecule has 3 saturated heterocycles. The lowest BCUT2D eigenvalue weighted by molar-refractivity contribution is -0.223. The zero-order chi connectivity index (χ0) is 20.8. The number of carbonyl (C=O) groups is 1. The number of ether oxygens (including phenoxy) is 6. The highest BCUT2D eigenvalue weighted by molar-refractivity contribution is 5.79. The van der Waals surface area contributed by atoms with Crippen molar-refractivity contribution in [3.63, 3.8) is 0 Å². The lowest BCUT2D eigenvalue weighted by atomic mass is 10.0. The molecule has 0 aliphatic carbocycles. The molecule has 3 aliphatic rings. The van der Waals surface area contributed by atoms with Gasteiger partial charge >= 0.3 is 0 Å². The molecule has 8 heteroatoms. The van der Waals surface area contributed by atoms with Gasteiger partial charge in [0.2, 0.25) is 5.91 Å². The molecule has 0 bridgehead atoms. The number of methoxy groups -OCH3 is 1. The summed E-state index contributed by atoms with van der Waals surface area (Å²) in [4.78, 5) is 12.8. The Labute approximate surface area is 170 Å². The van der Waals surface area contributed by atoms with Crippen molar-refractivity contribution in [1.82, 2.24) is 5.32 Å². The number of benzene rings is 1. The van der Waals surface area contributed by atoms with Crippen LogP contribution in [0.2, 0.25) is 0 Å². The van der Waals surface area contributed by atoms with Crippen LogP contribution in [0, 0.1) is 0 Å². The Morgan fingerprint density at radius 3 is 2.62 bits per heavy atom. The van der Waals surface area contributed by atoms with Gasteiger partial charge in [-0.15, -0.1) is 0 Å². The molecule has 1 aromatic rings. The van der Waals surface area contributed by atoms with Crippen LogP contribution < -0.4 is 10.1 Å². The third-order valence-electron chi connectivity index (χ3n) is 5.31. The highest BCUT2D eigenvalue weighted by Crippen LogP contribution is 2.40. The standard InChI is InChI=1S/C21H29NO7/c1-20(2)25-11-14(27-20)17-16(18-19(26-17)29-21(3,4)28-18)22-15(23)10-12-7-6-8-13(9-12)24-5/h6-9,14,16-19H,10-11H2,1-5H3,(H,22,23)/t14?,16-,17-,18-,19-/m1/s1. The second-order valence-corrected chi connectivity index (χ2v) is 8.56. The van der Waals surface area contributed by atoms with E-state index in [4.69, 9.17) is 28.4 Å². The summed E-state index contributed by atoms with van der Waals surface area (Å²) >= 11 is 0. The number of hydrogen-bond donors (Lipinski definition) is 1. The molecule has 0 saturated carbocycles. The van der Waals surface area contributed by atoms with Crippen molar-refractivity contribution in [2.45, 2.75) is 76.3 Å². The topological polar surface area (TPSA) is 84.5 Å². The van der Waals surface area contributed by atoms with Crippen LogP contribution in [0.5, 0.6) is 5.75 Å². The van der Waals surface area contributed by atoms with Crippen LogP contribution in [0.4, 0.5) is 0 Å². The summed E-state index contributed by atoms with van der Waals surface area (Å²) in [5, 5.41) is 3.08. The molecular formula is C21H29NO7. The molecule has 1 amide bonds. The van der Waals surface area contributed by atoms with Crippen LogP contribution in [0.25, 0.3) is 0 Å². The number of carbonyl (C=O) groups excluding carboxylic acids is 1. The lowest BCUT2D eigenvalue weighted by Crippen LogP contribution is -2.52. The molecule has 1 aromatic carbocycles. The molecular weight excluding hydrogens is 378 g/mol. The van der Waals surface area contributed by atoms with Gasteiger partial charge in [0.15, 0.2) is 17.9 Å². The third-order valence-corrected chi connectivity index (χ3v) is 5.31. The molecule has 3 heterocycles. The quantitative estimate of drug-likeness (QED) is 0.796. The Morgan fingerprint density at radius 2 is 1.93 bits per heavy atom. The van der Waals surface area contributed by atoms with E-state index in [-0.39, 0.29) is 18.4 Å². The summed E-state index contributed by atoms with van der Waals surface area (Å²) in [5.41, 5.74) is 0.861. The second kappa shape index (κ2) is 7.52. The second-order valence-electron chi connectivity index (χ2n) is 8.56. The van der Waals surface area contributed by atoms with E-state index in [0.717, 1.165) is 5.56 Å². The molecule has 8 nitrogen and oxygen atoms in total. The Hall–Kier alpha value is -1.71. The maximum absolute atomic E-state index is 12.8. The van der Waals surface area contributed by atoms with Gasteiger partial charge in [0.1, 0.15) is 24.1 Å². The van der Waals surface area contributed by atoms with E-state index in [0.29, 0.717) is 12.4 Å². The van der Waals surface area contributed by atoms with E-state index < -0.39 is 36.1 Å². The number of rotatable bonds is 5. The summed E-state index contributed by atoms with van der Waals surface area (Å²) in [6, 6.07) is 7.03. The van der Waals surface area contributed by atoms with Gasteiger partial charge in [0.25, 0.3) is 0 Å². The normalized spacial score (nSPS) is 34.7. The zero-order valence-electron chi connectivity index (χ0n) is 17.5. The van der Waals surface area contributed by atoms with Gasteiger partial charge < -0.3 is 33.7 Å². The Balaban J connectivity index is 1.48. The van der Waals surface area contributed by atoms with Gasteiger partial charge in [-0.2, -0.15) is 0 Å². The van der Waals surface area contributed by atoms with Gasteiger partial charge in [0.05, 0.1) is 26.2 Å². The smallest absolute Gasteiger partial charge is 0.224 e. The molecule has 160 valence electrons. The monoisotopic (exact) mass is 407 g/mol. The fourth-order valence-corrected chi connectivity index (χ4v) is 4.10. The van der Waals surface area contributed by atoms with E-state index in [1.807, 2.05) is 52.0 Å². The number of amides is 1. The minimum Gasteiger partial charge on any atom is -0.497 e. The van der Waals surface area contributed by atoms with Crippen LogP contribution >= 0.6 is 0 Å². The van der Waals surface area contributed by atoms with Crippen molar-refractivity contribution in [3.8, 4) is 5.75 Å². The van der Waals surface area contributed by atoms with Crippen molar-refractivity contribution in [2.75, 3.05) is 13.7 Å². The van der Waals surface area contributed by atoms with Crippen LogP contribution in [-0.2, 0) is 34.9 Å². The summed E-state index contributed by atoms with van der Waals surface area (Å²) in [6.07, 6.45) is -1.53. The van der Waals surface area contributed by atoms with Gasteiger partial charge in [-0.1, -0.05) is 12.1 Å². The molecule has 1 N–H and O–H groups in total. The van der Waals surface area contributed by atoms with Crippen LogP contribution in [-0.4, -0.2) is 61.8 Å². The first-order valence-electron chi connectivity index (χ1n) is 9.91. The van der Waals surface area contributed by atoms with Crippen molar-refractivity contribution in [3.05, 3.63) is 29.8 Å². The number of nitrogens with one attached hydrogen (secondary N) is 1. The van der Waals surface area contributed by atoms with Crippen LogP contribution in [0.1, 0.15) is 33.3 Å². The predicted octanol–water partition coefficient (Wildman–Crippen LogP) is 1.75. The average molecular weight is 407 g/mol. The largest absolute Gasteiger partial charge is 0.497 e. The predicted molar refractivity (Wildman–Crippen MR) is 102 cm³/mol. The minimum atomic E-state index is -0.775. The van der Waals surface area contributed by atoms with Crippen molar-refractivity contribution < 1.29 is 33.2 Å². The zero-order valence-corrected chi connectivity index (χ0v) is 17.5. The van der Waals surface area contributed by atoms with Crippen molar-refractivity contribution in [2.24, 2.45) is 0 Å². The first kappa shape index (κ1) is 20.6. The van der Waals surface area contributed by atoms with E-state index in [2.05, 4.69) is 5.32 Å². The van der Waals surface area contributed by atoms with E-state index in [9.17, 15) is 4.79 Å². The first-order chi connectivity index (χ1) is 13.7. The SMILES string of the molecule is COc1cccc(CC(=O)N[C@H]2[C@H]3OC(C)(C)O[C@H]3O[C@@H]2C2COC(C)(C)O2)c1.